The predicted molar refractivity (Wildman–Crippen MR) is 67.3 cm³/mol. The van der Waals surface area contributed by atoms with Crippen molar-refractivity contribution >= 4 is 12.4 Å². The number of ether oxygens (including phenoxy) is 1. The van der Waals surface area contributed by atoms with Gasteiger partial charge in [-0.05, 0) is 6.07 Å². The molecule has 1 aromatic heterocycles. The van der Waals surface area contributed by atoms with Crippen molar-refractivity contribution < 1.29 is 9.84 Å². The average molecular weight is 255 g/mol. The molecule has 0 aliphatic rings. The maximum atomic E-state index is 9.11. The van der Waals surface area contributed by atoms with E-state index in [2.05, 4.69) is 4.98 Å². The number of halogens is 1. The van der Waals surface area contributed by atoms with E-state index in [1.807, 2.05) is 35.0 Å². The van der Waals surface area contributed by atoms with E-state index in [0.29, 0.717) is 6.61 Å². The van der Waals surface area contributed by atoms with E-state index < -0.39 is 0 Å². The van der Waals surface area contributed by atoms with E-state index in [1.165, 1.54) is 0 Å². The lowest BCUT2D eigenvalue weighted by molar-refractivity contribution is 0.258. The number of rotatable bonds is 5. The van der Waals surface area contributed by atoms with Crippen molar-refractivity contribution in [2.75, 3.05) is 6.61 Å². The van der Waals surface area contributed by atoms with Gasteiger partial charge in [0.1, 0.15) is 12.4 Å². The second kappa shape index (κ2) is 6.93. The minimum atomic E-state index is 0. The molecule has 2 rings (SSSR count). The van der Waals surface area contributed by atoms with Crippen molar-refractivity contribution in [2.24, 2.45) is 0 Å². The Labute approximate surface area is 106 Å². The van der Waals surface area contributed by atoms with Crippen molar-refractivity contribution in [2.45, 2.75) is 13.2 Å². The second-order valence-corrected chi connectivity index (χ2v) is 3.41. The third-order valence-corrected chi connectivity index (χ3v) is 2.31. The third kappa shape index (κ3) is 3.76. The normalized spacial score (nSPS) is 9.71. The number of nitrogens with zero attached hydrogens (tertiary/aromatic N) is 2. The minimum absolute atomic E-state index is 0. The van der Waals surface area contributed by atoms with E-state index in [4.69, 9.17) is 9.84 Å². The molecular weight excluding hydrogens is 240 g/mol. The van der Waals surface area contributed by atoms with E-state index in [1.54, 1.807) is 12.5 Å². The van der Waals surface area contributed by atoms with Crippen molar-refractivity contribution in [1.82, 2.24) is 9.55 Å². The lowest BCUT2D eigenvalue weighted by Crippen LogP contribution is -2.07. The molecule has 1 N–H and O–H groups in total. The third-order valence-electron chi connectivity index (χ3n) is 2.31. The molecule has 0 unspecified atom stereocenters. The smallest absolute Gasteiger partial charge is 0.124 e. The van der Waals surface area contributed by atoms with Crippen LogP contribution < -0.4 is 4.74 Å². The van der Waals surface area contributed by atoms with Crippen LogP contribution in [0.1, 0.15) is 5.56 Å². The van der Waals surface area contributed by atoms with Crippen molar-refractivity contribution in [3.05, 3.63) is 48.5 Å². The summed E-state index contributed by atoms with van der Waals surface area (Å²) in [7, 11) is 0. The Morgan fingerprint density at radius 3 is 2.82 bits per heavy atom. The first kappa shape index (κ1) is 13.5. The summed E-state index contributed by atoms with van der Waals surface area (Å²) >= 11 is 0. The average Bonchev–Trinajstić information content (AvgIpc) is 2.83. The monoisotopic (exact) mass is 254 g/mol. The van der Waals surface area contributed by atoms with E-state index >= 15 is 0 Å². The Morgan fingerprint density at radius 2 is 2.12 bits per heavy atom. The molecule has 0 amide bonds. The molecule has 92 valence electrons. The van der Waals surface area contributed by atoms with E-state index in [0.717, 1.165) is 17.9 Å². The van der Waals surface area contributed by atoms with Crippen LogP contribution in [0.25, 0.3) is 0 Å². The van der Waals surface area contributed by atoms with Crippen molar-refractivity contribution in [3.8, 4) is 5.75 Å². The van der Waals surface area contributed by atoms with Crippen LogP contribution in [0, 0.1) is 0 Å². The molecule has 17 heavy (non-hydrogen) atoms. The highest BCUT2D eigenvalue weighted by Crippen LogP contribution is 2.17. The minimum Gasteiger partial charge on any atom is -0.491 e. The summed E-state index contributed by atoms with van der Waals surface area (Å²) in [4.78, 5) is 3.95. The Kier molecular flexibility index (Phi) is 5.52. The highest BCUT2D eigenvalue weighted by molar-refractivity contribution is 5.85. The van der Waals surface area contributed by atoms with Crippen LogP contribution in [0.5, 0.6) is 5.75 Å². The lowest BCUT2D eigenvalue weighted by atomic mass is 10.2. The maximum Gasteiger partial charge on any atom is 0.124 e. The van der Waals surface area contributed by atoms with Gasteiger partial charge in [-0.1, -0.05) is 18.2 Å². The molecule has 4 nitrogen and oxygen atoms in total. The molecule has 5 heteroatoms. The van der Waals surface area contributed by atoms with E-state index in [-0.39, 0.29) is 19.0 Å². The van der Waals surface area contributed by atoms with Gasteiger partial charge in [0.15, 0.2) is 0 Å². The Bertz CT molecular complexity index is 432. The Hall–Kier alpha value is -1.52. The molecule has 2 aromatic rings. The number of aliphatic hydroxyl groups excluding tert-OH is 1. The van der Waals surface area contributed by atoms with Crippen molar-refractivity contribution in [3.63, 3.8) is 0 Å². The summed E-state index contributed by atoms with van der Waals surface area (Å²) in [5.74, 6) is 0.741. The van der Waals surface area contributed by atoms with Crippen LogP contribution in [-0.2, 0) is 13.2 Å². The standard InChI is InChI=1S/C12H14N2O2.ClH/c15-9-11-3-1-2-4-12(11)16-8-7-14-6-5-13-10-14;/h1-6,10,15H,7-9H2;1H. The van der Waals surface area contributed by atoms with Gasteiger partial charge in [-0.25, -0.2) is 4.98 Å². The van der Waals surface area contributed by atoms with Crippen LogP contribution in [0.4, 0.5) is 0 Å². The summed E-state index contributed by atoms with van der Waals surface area (Å²) in [5, 5.41) is 9.11. The highest BCUT2D eigenvalue weighted by Gasteiger charge is 2.00. The zero-order valence-electron chi connectivity index (χ0n) is 9.32. The molecule has 0 radical (unpaired) electrons. The fourth-order valence-electron chi connectivity index (χ4n) is 1.46. The number of aliphatic hydroxyl groups is 1. The van der Waals surface area contributed by atoms with Crippen LogP contribution in [-0.4, -0.2) is 21.3 Å². The van der Waals surface area contributed by atoms with Crippen LogP contribution in [0.3, 0.4) is 0 Å². The molecule has 0 atom stereocenters. The molecular formula is C12H15ClN2O2. The van der Waals surface area contributed by atoms with Gasteiger partial charge in [0.25, 0.3) is 0 Å². The van der Waals surface area contributed by atoms with Gasteiger partial charge in [-0.2, -0.15) is 0 Å². The summed E-state index contributed by atoms with van der Waals surface area (Å²) in [6, 6.07) is 7.49. The molecule has 0 saturated heterocycles. The number of aromatic nitrogens is 2. The number of imidazole rings is 1. The molecule has 1 aromatic carbocycles. The summed E-state index contributed by atoms with van der Waals surface area (Å²) < 4.78 is 7.54. The first-order chi connectivity index (χ1) is 7.90. The molecule has 0 aliphatic heterocycles. The largest absolute Gasteiger partial charge is 0.491 e. The van der Waals surface area contributed by atoms with Gasteiger partial charge in [-0.15, -0.1) is 12.4 Å². The molecule has 0 aliphatic carbocycles. The van der Waals surface area contributed by atoms with Gasteiger partial charge >= 0.3 is 0 Å². The van der Waals surface area contributed by atoms with Gasteiger partial charge < -0.3 is 14.4 Å². The number of hydrogen-bond donors (Lipinski definition) is 1. The molecule has 0 saturated carbocycles. The number of para-hydroxylation sites is 1. The summed E-state index contributed by atoms with van der Waals surface area (Å²) in [6.07, 6.45) is 5.38. The summed E-state index contributed by atoms with van der Waals surface area (Å²) in [6.45, 7) is 1.31. The SMILES string of the molecule is Cl.OCc1ccccc1OCCn1ccnc1. The topological polar surface area (TPSA) is 47.3 Å². The van der Waals surface area contributed by atoms with E-state index in [9.17, 15) is 0 Å². The molecule has 0 fully saturated rings. The zero-order chi connectivity index (χ0) is 11.2. The fourth-order valence-corrected chi connectivity index (χ4v) is 1.46. The molecule has 0 spiro atoms. The van der Waals surface area contributed by atoms with Gasteiger partial charge in [0.2, 0.25) is 0 Å². The first-order valence-electron chi connectivity index (χ1n) is 5.17. The van der Waals surface area contributed by atoms with Crippen molar-refractivity contribution in [1.29, 1.82) is 0 Å². The summed E-state index contributed by atoms with van der Waals surface area (Å²) in [5.41, 5.74) is 0.813. The maximum absolute atomic E-state index is 9.11. The van der Waals surface area contributed by atoms with Crippen LogP contribution in [0.2, 0.25) is 0 Å². The Morgan fingerprint density at radius 1 is 1.29 bits per heavy atom. The van der Waals surface area contributed by atoms with Gasteiger partial charge in [-0.3, -0.25) is 0 Å². The predicted octanol–water partition coefficient (Wildman–Crippen LogP) is 1.88. The number of benzene rings is 1. The lowest BCUT2D eigenvalue weighted by Gasteiger charge is -2.09. The first-order valence-corrected chi connectivity index (χ1v) is 5.17. The highest BCUT2D eigenvalue weighted by atomic mass is 35.5. The Balaban J connectivity index is 0.00000144. The number of hydrogen-bond acceptors (Lipinski definition) is 3. The van der Waals surface area contributed by atoms with Crippen LogP contribution >= 0.6 is 12.4 Å². The zero-order valence-corrected chi connectivity index (χ0v) is 10.1. The molecule has 0 bridgehead atoms. The fraction of sp³-hybridized carbons (Fsp3) is 0.250. The molecule has 1 heterocycles. The second-order valence-electron chi connectivity index (χ2n) is 3.41. The van der Waals surface area contributed by atoms with Gasteiger partial charge in [0, 0.05) is 18.0 Å². The van der Waals surface area contributed by atoms with Crippen LogP contribution in [0.15, 0.2) is 43.0 Å². The quantitative estimate of drug-likeness (QED) is 0.886. The van der Waals surface area contributed by atoms with Gasteiger partial charge in [0.05, 0.1) is 19.5 Å².